The smallest absolute Gasteiger partial charge is 0.160 e. The highest BCUT2D eigenvalue weighted by atomic mass is 32.1. The first-order valence-corrected chi connectivity index (χ1v) is 6.37. The summed E-state index contributed by atoms with van der Waals surface area (Å²) in [6, 6.07) is 10.4. The minimum Gasteiger partial charge on any atom is -0.370 e. The number of thiophene rings is 1. The van der Waals surface area contributed by atoms with Crippen molar-refractivity contribution in [1.82, 2.24) is 0 Å². The van der Waals surface area contributed by atoms with Crippen molar-refractivity contribution in [1.29, 1.82) is 0 Å². The maximum absolute atomic E-state index is 10.6. The van der Waals surface area contributed by atoms with Crippen LogP contribution in [0.4, 0.5) is 5.69 Å². The molecule has 0 amide bonds. The van der Waals surface area contributed by atoms with Gasteiger partial charge in [-0.25, -0.2) is 0 Å². The Hall–Kier alpha value is -1.61. The summed E-state index contributed by atoms with van der Waals surface area (Å²) in [5.74, 6) is 0. The molecule has 1 aromatic heterocycles. The quantitative estimate of drug-likeness (QED) is 0.768. The molecule has 0 aliphatic rings. The molecule has 17 heavy (non-hydrogen) atoms. The first kappa shape index (κ1) is 11.9. The molecular weight excluding hydrogens is 230 g/mol. The zero-order valence-corrected chi connectivity index (χ0v) is 10.8. The fraction of sp³-hybridized carbons (Fsp3) is 0.214. The van der Waals surface area contributed by atoms with Gasteiger partial charge in [0, 0.05) is 24.7 Å². The number of aldehydes is 1. The predicted octanol–water partition coefficient (Wildman–Crippen LogP) is 3.51. The van der Waals surface area contributed by atoms with E-state index in [0.29, 0.717) is 0 Å². The van der Waals surface area contributed by atoms with Crippen LogP contribution in [0, 0.1) is 6.92 Å². The Bertz CT molecular complexity index is 518. The van der Waals surface area contributed by atoms with Crippen LogP contribution in [0.1, 0.15) is 20.8 Å². The number of carbonyl (C=O) groups excluding carboxylic acids is 1. The highest BCUT2D eigenvalue weighted by Gasteiger charge is 2.05. The number of carbonyl (C=O) groups is 1. The van der Waals surface area contributed by atoms with E-state index < -0.39 is 0 Å². The highest BCUT2D eigenvalue weighted by molar-refractivity contribution is 7.12. The number of hydrogen-bond acceptors (Lipinski definition) is 3. The molecule has 0 saturated heterocycles. The van der Waals surface area contributed by atoms with Crippen molar-refractivity contribution in [3.63, 3.8) is 0 Å². The molecule has 0 fully saturated rings. The van der Waals surface area contributed by atoms with Gasteiger partial charge in [-0.2, -0.15) is 0 Å². The van der Waals surface area contributed by atoms with E-state index in [2.05, 4.69) is 36.1 Å². The van der Waals surface area contributed by atoms with Crippen molar-refractivity contribution in [3.05, 3.63) is 51.7 Å². The summed E-state index contributed by atoms with van der Waals surface area (Å²) in [5, 5.41) is 2.01. The third kappa shape index (κ3) is 2.94. The number of benzene rings is 1. The SMILES string of the molecule is Cc1cccc(CN(C)c2csc(C=O)c2)c1. The summed E-state index contributed by atoms with van der Waals surface area (Å²) in [5.41, 5.74) is 3.65. The maximum Gasteiger partial charge on any atom is 0.160 e. The second-order valence-electron chi connectivity index (χ2n) is 4.17. The lowest BCUT2D eigenvalue weighted by Crippen LogP contribution is -2.15. The molecule has 0 atom stereocenters. The van der Waals surface area contributed by atoms with E-state index in [1.165, 1.54) is 22.5 Å². The van der Waals surface area contributed by atoms with Crippen molar-refractivity contribution in [2.24, 2.45) is 0 Å². The molecule has 1 heterocycles. The maximum atomic E-state index is 10.6. The second-order valence-corrected chi connectivity index (χ2v) is 5.11. The van der Waals surface area contributed by atoms with E-state index in [-0.39, 0.29) is 0 Å². The number of hydrogen-bond donors (Lipinski definition) is 0. The molecule has 2 nitrogen and oxygen atoms in total. The summed E-state index contributed by atoms with van der Waals surface area (Å²) in [6.07, 6.45) is 0.897. The van der Waals surface area contributed by atoms with E-state index in [0.717, 1.165) is 23.4 Å². The Labute approximate surface area is 106 Å². The molecule has 3 heteroatoms. The molecule has 0 aliphatic carbocycles. The lowest BCUT2D eigenvalue weighted by atomic mass is 10.1. The predicted molar refractivity (Wildman–Crippen MR) is 73.0 cm³/mol. The van der Waals surface area contributed by atoms with Crippen molar-refractivity contribution in [2.45, 2.75) is 13.5 Å². The van der Waals surface area contributed by atoms with E-state index in [1.807, 2.05) is 18.5 Å². The lowest BCUT2D eigenvalue weighted by Gasteiger charge is -2.17. The largest absolute Gasteiger partial charge is 0.370 e. The highest BCUT2D eigenvalue weighted by Crippen LogP contribution is 2.22. The van der Waals surface area contributed by atoms with E-state index in [4.69, 9.17) is 0 Å². The van der Waals surface area contributed by atoms with E-state index >= 15 is 0 Å². The zero-order chi connectivity index (χ0) is 12.3. The molecule has 0 saturated carbocycles. The Morgan fingerprint density at radius 1 is 1.35 bits per heavy atom. The van der Waals surface area contributed by atoms with Gasteiger partial charge in [0.2, 0.25) is 0 Å². The van der Waals surface area contributed by atoms with Gasteiger partial charge in [0.15, 0.2) is 6.29 Å². The molecule has 0 radical (unpaired) electrons. The van der Waals surface area contributed by atoms with Crippen LogP contribution in [0.25, 0.3) is 0 Å². The summed E-state index contributed by atoms with van der Waals surface area (Å²) in [4.78, 5) is 13.6. The first-order valence-electron chi connectivity index (χ1n) is 5.49. The standard InChI is InChI=1S/C14H15NOS/c1-11-4-3-5-12(6-11)8-15(2)13-7-14(9-16)17-10-13/h3-7,9-10H,8H2,1-2H3. The third-order valence-corrected chi connectivity index (χ3v) is 3.51. The average molecular weight is 245 g/mol. The van der Waals surface area contributed by atoms with Crippen molar-refractivity contribution < 1.29 is 4.79 Å². The van der Waals surface area contributed by atoms with Gasteiger partial charge in [-0.05, 0) is 18.6 Å². The molecule has 0 N–H and O–H groups in total. The molecular formula is C14H15NOS. The average Bonchev–Trinajstić information content (AvgIpc) is 2.77. The summed E-state index contributed by atoms with van der Waals surface area (Å²) >= 11 is 1.48. The van der Waals surface area contributed by atoms with Gasteiger partial charge in [0.1, 0.15) is 0 Å². The number of nitrogens with zero attached hydrogens (tertiary/aromatic N) is 1. The fourth-order valence-electron chi connectivity index (χ4n) is 1.78. The van der Waals surface area contributed by atoms with Gasteiger partial charge in [0.25, 0.3) is 0 Å². The molecule has 0 bridgehead atoms. The molecule has 0 unspecified atom stereocenters. The van der Waals surface area contributed by atoms with Gasteiger partial charge >= 0.3 is 0 Å². The zero-order valence-electron chi connectivity index (χ0n) is 10.0. The third-order valence-electron chi connectivity index (χ3n) is 2.67. The fourth-order valence-corrected chi connectivity index (χ4v) is 2.53. The normalized spacial score (nSPS) is 10.2. The minimum atomic E-state index is 0.774. The molecule has 88 valence electrons. The van der Waals surface area contributed by atoms with Crippen molar-refractivity contribution in [2.75, 3.05) is 11.9 Å². The summed E-state index contributed by atoms with van der Waals surface area (Å²) in [7, 11) is 2.04. The topological polar surface area (TPSA) is 20.3 Å². The Morgan fingerprint density at radius 3 is 2.82 bits per heavy atom. The van der Waals surface area contributed by atoms with Crippen LogP contribution < -0.4 is 4.90 Å². The van der Waals surface area contributed by atoms with Crippen LogP contribution >= 0.6 is 11.3 Å². The van der Waals surface area contributed by atoms with Crippen LogP contribution in [0.15, 0.2) is 35.7 Å². The Balaban J connectivity index is 2.10. The Morgan fingerprint density at radius 2 is 2.18 bits per heavy atom. The molecule has 0 aliphatic heterocycles. The van der Waals surface area contributed by atoms with Gasteiger partial charge in [-0.1, -0.05) is 29.8 Å². The van der Waals surface area contributed by atoms with Crippen LogP contribution in [0.2, 0.25) is 0 Å². The summed E-state index contributed by atoms with van der Waals surface area (Å²) < 4.78 is 0. The first-order chi connectivity index (χ1) is 8.19. The van der Waals surface area contributed by atoms with E-state index in [1.54, 1.807) is 0 Å². The van der Waals surface area contributed by atoms with Crippen molar-refractivity contribution in [3.8, 4) is 0 Å². The van der Waals surface area contributed by atoms with Crippen molar-refractivity contribution >= 4 is 23.3 Å². The molecule has 2 rings (SSSR count). The van der Waals surface area contributed by atoms with Crippen LogP contribution in [-0.2, 0) is 6.54 Å². The lowest BCUT2D eigenvalue weighted by molar-refractivity contribution is 0.112. The van der Waals surface area contributed by atoms with E-state index in [9.17, 15) is 4.79 Å². The van der Waals surface area contributed by atoms with Crippen LogP contribution in [-0.4, -0.2) is 13.3 Å². The molecule has 2 aromatic rings. The van der Waals surface area contributed by atoms with Gasteiger partial charge in [-0.3, -0.25) is 4.79 Å². The summed E-state index contributed by atoms with van der Waals surface area (Å²) in [6.45, 7) is 2.95. The second kappa shape index (κ2) is 5.15. The molecule has 1 aromatic carbocycles. The monoisotopic (exact) mass is 245 g/mol. The number of aryl methyl sites for hydroxylation is 1. The van der Waals surface area contributed by atoms with Gasteiger partial charge in [-0.15, -0.1) is 11.3 Å². The minimum absolute atomic E-state index is 0.774. The number of anilines is 1. The Kier molecular flexibility index (Phi) is 3.59. The number of rotatable bonds is 4. The van der Waals surface area contributed by atoms with Crippen LogP contribution in [0.5, 0.6) is 0 Å². The van der Waals surface area contributed by atoms with Gasteiger partial charge in [0.05, 0.1) is 4.88 Å². The van der Waals surface area contributed by atoms with Gasteiger partial charge < -0.3 is 4.90 Å². The molecule has 0 spiro atoms. The van der Waals surface area contributed by atoms with Crippen LogP contribution in [0.3, 0.4) is 0 Å².